The molecule has 3 aromatic rings. The Morgan fingerprint density at radius 3 is 2.33 bits per heavy atom. The summed E-state index contributed by atoms with van der Waals surface area (Å²) in [5, 5.41) is 9.15. The minimum Gasteiger partial charge on any atom is -0.483 e. The van der Waals surface area contributed by atoms with Gasteiger partial charge in [-0.2, -0.15) is 4.98 Å². The van der Waals surface area contributed by atoms with E-state index in [1.54, 1.807) is 49.4 Å². The van der Waals surface area contributed by atoms with Crippen molar-refractivity contribution < 1.29 is 18.8 Å². The van der Waals surface area contributed by atoms with E-state index in [4.69, 9.17) is 9.26 Å². The van der Waals surface area contributed by atoms with Gasteiger partial charge in [-0.1, -0.05) is 17.3 Å². The maximum absolute atomic E-state index is 12.1. The van der Waals surface area contributed by atoms with Crippen molar-refractivity contribution in [2.45, 2.75) is 13.8 Å². The zero-order valence-electron chi connectivity index (χ0n) is 14.9. The van der Waals surface area contributed by atoms with Gasteiger partial charge in [-0.15, -0.1) is 0 Å². The molecule has 1 aromatic heterocycles. The van der Waals surface area contributed by atoms with E-state index in [9.17, 15) is 9.59 Å². The third kappa shape index (κ3) is 4.91. The molecular weight excluding hydrogens is 348 g/mol. The maximum atomic E-state index is 12.1. The molecule has 0 radical (unpaired) electrons. The molecule has 2 amide bonds. The Balaban J connectivity index is 1.60. The first kappa shape index (κ1) is 18.1. The van der Waals surface area contributed by atoms with Gasteiger partial charge in [0.05, 0.1) is 5.56 Å². The number of para-hydroxylation sites is 1. The Kier molecular flexibility index (Phi) is 5.46. The smallest absolute Gasteiger partial charge is 0.262 e. The number of aryl methyl sites for hydroxylation is 1. The van der Waals surface area contributed by atoms with Crippen LogP contribution in [-0.4, -0.2) is 28.6 Å². The van der Waals surface area contributed by atoms with Crippen LogP contribution in [0.3, 0.4) is 0 Å². The molecule has 1 heterocycles. The van der Waals surface area contributed by atoms with E-state index >= 15 is 0 Å². The number of carbonyl (C=O) groups excluding carboxylic acids is 2. The van der Waals surface area contributed by atoms with Gasteiger partial charge in [0.2, 0.25) is 5.91 Å². The second kappa shape index (κ2) is 8.13. The number of anilines is 2. The number of nitrogens with one attached hydrogen (secondary N) is 2. The predicted octanol–water partition coefficient (Wildman–Crippen LogP) is 3.02. The molecule has 8 heteroatoms. The average Bonchev–Trinajstić information content (AvgIpc) is 3.08. The van der Waals surface area contributed by atoms with Crippen LogP contribution in [0.2, 0.25) is 0 Å². The minimum absolute atomic E-state index is 0.157. The summed E-state index contributed by atoms with van der Waals surface area (Å²) in [6.45, 7) is 2.97. The fourth-order valence-corrected chi connectivity index (χ4v) is 2.36. The quantitative estimate of drug-likeness (QED) is 0.694. The Labute approximate surface area is 155 Å². The molecule has 27 heavy (non-hydrogen) atoms. The van der Waals surface area contributed by atoms with Gasteiger partial charge in [-0.25, -0.2) is 0 Å². The van der Waals surface area contributed by atoms with Crippen molar-refractivity contribution in [3.63, 3.8) is 0 Å². The van der Waals surface area contributed by atoms with Crippen molar-refractivity contribution in [1.29, 1.82) is 0 Å². The lowest BCUT2D eigenvalue weighted by molar-refractivity contribution is -0.118. The van der Waals surface area contributed by atoms with E-state index in [0.29, 0.717) is 34.4 Å². The SMILES string of the molecule is CC(=O)Nc1ccc(NC(=O)COc2ccccc2-c2nc(C)no2)cc1. The Hall–Kier alpha value is -3.68. The molecule has 0 aliphatic rings. The van der Waals surface area contributed by atoms with Crippen LogP contribution in [0, 0.1) is 6.92 Å². The minimum atomic E-state index is -0.321. The molecule has 0 aliphatic heterocycles. The number of carbonyl (C=O) groups is 2. The molecule has 2 N–H and O–H groups in total. The first-order chi connectivity index (χ1) is 13.0. The van der Waals surface area contributed by atoms with Crippen molar-refractivity contribution in [3.8, 4) is 17.2 Å². The summed E-state index contributed by atoms with van der Waals surface area (Å²) in [5.41, 5.74) is 1.87. The molecule has 0 bridgehead atoms. The molecule has 0 atom stereocenters. The van der Waals surface area contributed by atoms with Crippen molar-refractivity contribution in [1.82, 2.24) is 10.1 Å². The summed E-state index contributed by atoms with van der Waals surface area (Å²) < 4.78 is 10.8. The Morgan fingerprint density at radius 2 is 1.70 bits per heavy atom. The molecular formula is C19H18N4O4. The van der Waals surface area contributed by atoms with Gasteiger partial charge in [-0.3, -0.25) is 9.59 Å². The highest BCUT2D eigenvalue weighted by Crippen LogP contribution is 2.28. The molecule has 0 saturated heterocycles. The van der Waals surface area contributed by atoms with Crippen LogP contribution in [0.25, 0.3) is 11.5 Å². The van der Waals surface area contributed by atoms with Crippen molar-refractivity contribution in [2.75, 3.05) is 17.2 Å². The van der Waals surface area contributed by atoms with Crippen LogP contribution in [0.15, 0.2) is 53.1 Å². The van der Waals surface area contributed by atoms with E-state index in [-0.39, 0.29) is 18.4 Å². The topological polar surface area (TPSA) is 106 Å². The third-order valence-electron chi connectivity index (χ3n) is 3.49. The van der Waals surface area contributed by atoms with E-state index in [0.717, 1.165) is 0 Å². The molecule has 0 fully saturated rings. The maximum Gasteiger partial charge on any atom is 0.262 e. The lowest BCUT2D eigenvalue weighted by Gasteiger charge is -2.10. The summed E-state index contributed by atoms with van der Waals surface area (Å²) in [6, 6.07) is 13.9. The summed E-state index contributed by atoms with van der Waals surface area (Å²) >= 11 is 0. The second-order valence-corrected chi connectivity index (χ2v) is 5.74. The van der Waals surface area contributed by atoms with E-state index in [1.807, 2.05) is 6.07 Å². The largest absolute Gasteiger partial charge is 0.483 e. The van der Waals surface area contributed by atoms with Crippen LogP contribution >= 0.6 is 0 Å². The van der Waals surface area contributed by atoms with E-state index in [1.165, 1.54) is 6.92 Å². The number of rotatable bonds is 6. The van der Waals surface area contributed by atoms with Crippen LogP contribution in [-0.2, 0) is 9.59 Å². The summed E-state index contributed by atoms with van der Waals surface area (Å²) in [7, 11) is 0. The van der Waals surface area contributed by atoms with Gasteiger partial charge in [0, 0.05) is 18.3 Å². The lowest BCUT2D eigenvalue weighted by Crippen LogP contribution is -2.20. The molecule has 0 aliphatic carbocycles. The van der Waals surface area contributed by atoms with Gasteiger partial charge in [0.1, 0.15) is 5.75 Å². The standard InChI is InChI=1S/C19H18N4O4/c1-12-20-19(27-23-12)16-5-3-4-6-17(16)26-11-18(25)22-15-9-7-14(8-10-15)21-13(2)24/h3-10H,11H2,1-2H3,(H,21,24)(H,22,25). The van der Waals surface area contributed by atoms with Crippen LogP contribution in [0.4, 0.5) is 11.4 Å². The highest BCUT2D eigenvalue weighted by atomic mass is 16.5. The Morgan fingerprint density at radius 1 is 1.04 bits per heavy atom. The molecule has 0 unspecified atom stereocenters. The van der Waals surface area contributed by atoms with Crippen molar-refractivity contribution >= 4 is 23.2 Å². The first-order valence-corrected chi connectivity index (χ1v) is 8.21. The molecule has 138 valence electrons. The van der Waals surface area contributed by atoms with Gasteiger partial charge >= 0.3 is 0 Å². The molecule has 3 rings (SSSR count). The fraction of sp³-hybridized carbons (Fsp3) is 0.158. The van der Waals surface area contributed by atoms with Gasteiger partial charge < -0.3 is 19.9 Å². The number of amides is 2. The average molecular weight is 366 g/mol. The van der Waals surface area contributed by atoms with Crippen LogP contribution in [0.1, 0.15) is 12.7 Å². The summed E-state index contributed by atoms with van der Waals surface area (Å²) in [5.74, 6) is 0.837. The molecule has 2 aromatic carbocycles. The summed E-state index contributed by atoms with van der Waals surface area (Å²) in [6.07, 6.45) is 0. The zero-order valence-corrected chi connectivity index (χ0v) is 14.9. The monoisotopic (exact) mass is 366 g/mol. The number of aromatic nitrogens is 2. The van der Waals surface area contributed by atoms with Crippen LogP contribution in [0.5, 0.6) is 5.75 Å². The number of ether oxygens (including phenoxy) is 1. The molecule has 0 spiro atoms. The fourth-order valence-electron chi connectivity index (χ4n) is 2.36. The van der Waals surface area contributed by atoms with Gasteiger partial charge in [0.15, 0.2) is 12.4 Å². The van der Waals surface area contributed by atoms with E-state index in [2.05, 4.69) is 20.8 Å². The van der Waals surface area contributed by atoms with Gasteiger partial charge in [0.25, 0.3) is 11.8 Å². The Bertz CT molecular complexity index is 950. The lowest BCUT2D eigenvalue weighted by atomic mass is 10.2. The normalized spacial score (nSPS) is 10.3. The molecule has 0 saturated carbocycles. The number of benzene rings is 2. The third-order valence-corrected chi connectivity index (χ3v) is 3.49. The summed E-state index contributed by atoms with van der Waals surface area (Å²) in [4.78, 5) is 27.3. The van der Waals surface area contributed by atoms with E-state index < -0.39 is 0 Å². The van der Waals surface area contributed by atoms with Crippen molar-refractivity contribution in [3.05, 3.63) is 54.4 Å². The van der Waals surface area contributed by atoms with Gasteiger partial charge in [-0.05, 0) is 43.3 Å². The van der Waals surface area contributed by atoms with Crippen LogP contribution < -0.4 is 15.4 Å². The predicted molar refractivity (Wildman–Crippen MR) is 99.3 cm³/mol. The highest BCUT2D eigenvalue weighted by Gasteiger charge is 2.13. The molecule has 8 nitrogen and oxygen atoms in total. The van der Waals surface area contributed by atoms with Crippen molar-refractivity contribution in [2.24, 2.45) is 0 Å². The number of hydrogen-bond acceptors (Lipinski definition) is 6. The highest BCUT2D eigenvalue weighted by molar-refractivity contribution is 5.93. The number of hydrogen-bond donors (Lipinski definition) is 2. The zero-order chi connectivity index (χ0) is 19.2. The number of nitrogens with zero attached hydrogens (tertiary/aromatic N) is 2. The first-order valence-electron chi connectivity index (χ1n) is 8.21. The second-order valence-electron chi connectivity index (χ2n) is 5.74.